The van der Waals surface area contributed by atoms with Crippen LogP contribution >= 0.6 is 0 Å². The number of hydrogen-bond acceptors (Lipinski definition) is 3. The lowest BCUT2D eigenvalue weighted by Crippen LogP contribution is -2.40. The highest BCUT2D eigenvalue weighted by Gasteiger charge is 2.37. The second-order valence-electron chi connectivity index (χ2n) is 7.20. The fraction of sp³-hybridized carbons (Fsp3) is 0.625. The molecule has 0 spiro atoms. The van der Waals surface area contributed by atoms with Gasteiger partial charge < -0.3 is 4.43 Å². The molecule has 0 radical (unpaired) electrons. The molecule has 0 N–H and O–H groups in total. The number of carbonyl (C=O) groups excluding carboxylic acids is 1. The van der Waals surface area contributed by atoms with Crippen LogP contribution in [0.5, 0.6) is 0 Å². The number of rotatable bonds is 5. The van der Waals surface area contributed by atoms with Crippen molar-refractivity contribution in [1.29, 1.82) is 0 Å². The van der Waals surface area contributed by atoms with Crippen LogP contribution in [0.25, 0.3) is 0 Å². The van der Waals surface area contributed by atoms with Crippen molar-refractivity contribution in [2.75, 3.05) is 0 Å². The normalized spacial score (nSPS) is 16.2. The summed E-state index contributed by atoms with van der Waals surface area (Å²) in [5.74, 6) is 0.415. The first-order valence-electron chi connectivity index (χ1n) is 7.35. The van der Waals surface area contributed by atoms with E-state index in [1.54, 1.807) is 0 Å². The standard InChI is InChI=1S/C16H25NO2Si/c1-16(2,3)20(4,5)19-11-13-7-6-8-14(17-13)15(18)12-9-10-12/h6-8,12H,9-11H2,1-5H3. The van der Waals surface area contributed by atoms with Gasteiger partial charge in [-0.3, -0.25) is 4.79 Å². The zero-order chi connectivity index (χ0) is 15.0. The van der Waals surface area contributed by atoms with Crippen LogP contribution in [-0.4, -0.2) is 19.1 Å². The van der Waals surface area contributed by atoms with Crippen molar-refractivity contribution >= 4 is 14.1 Å². The van der Waals surface area contributed by atoms with Crippen LogP contribution in [-0.2, 0) is 11.0 Å². The summed E-state index contributed by atoms with van der Waals surface area (Å²) in [7, 11) is -1.77. The minimum absolute atomic E-state index is 0.189. The lowest BCUT2D eigenvalue weighted by Gasteiger charge is -2.36. The summed E-state index contributed by atoms with van der Waals surface area (Å²) >= 11 is 0. The second kappa shape index (κ2) is 5.41. The number of carbonyl (C=O) groups is 1. The van der Waals surface area contributed by atoms with Crippen molar-refractivity contribution < 1.29 is 9.22 Å². The monoisotopic (exact) mass is 291 g/mol. The first-order valence-corrected chi connectivity index (χ1v) is 10.3. The van der Waals surface area contributed by atoms with E-state index in [1.807, 2.05) is 18.2 Å². The number of Topliss-reactive ketones (excluding diaryl/α,β-unsaturated/α-hetero) is 1. The Morgan fingerprint density at radius 1 is 1.35 bits per heavy atom. The van der Waals surface area contributed by atoms with Gasteiger partial charge in [0.05, 0.1) is 12.3 Å². The molecule has 1 aliphatic rings. The third-order valence-corrected chi connectivity index (χ3v) is 8.87. The Balaban J connectivity index is 2.03. The first kappa shape index (κ1) is 15.4. The summed E-state index contributed by atoms with van der Waals surface area (Å²) in [6, 6.07) is 5.67. The average Bonchev–Trinajstić information content (AvgIpc) is 3.19. The zero-order valence-corrected chi connectivity index (χ0v) is 14.2. The number of pyridine rings is 1. The van der Waals surface area contributed by atoms with Gasteiger partial charge in [-0.25, -0.2) is 4.98 Å². The molecule has 1 aromatic heterocycles. The van der Waals surface area contributed by atoms with E-state index >= 15 is 0 Å². The quantitative estimate of drug-likeness (QED) is 0.603. The third kappa shape index (κ3) is 3.55. The largest absolute Gasteiger partial charge is 0.411 e. The molecule has 0 aromatic carbocycles. The van der Waals surface area contributed by atoms with Gasteiger partial charge in [0, 0.05) is 5.92 Å². The van der Waals surface area contributed by atoms with E-state index in [4.69, 9.17) is 4.43 Å². The highest BCUT2D eigenvalue weighted by atomic mass is 28.4. The molecule has 0 bridgehead atoms. The van der Waals surface area contributed by atoms with Crippen molar-refractivity contribution in [2.24, 2.45) is 5.92 Å². The van der Waals surface area contributed by atoms with Crippen molar-refractivity contribution in [3.8, 4) is 0 Å². The molecule has 0 amide bonds. The minimum atomic E-state index is -1.77. The number of aromatic nitrogens is 1. The molecule has 0 unspecified atom stereocenters. The third-order valence-electron chi connectivity index (χ3n) is 4.39. The molecule has 0 aliphatic heterocycles. The van der Waals surface area contributed by atoms with Gasteiger partial charge in [-0.05, 0) is 43.1 Å². The Bertz CT molecular complexity index is 501. The van der Waals surface area contributed by atoms with E-state index in [0.717, 1.165) is 18.5 Å². The van der Waals surface area contributed by atoms with E-state index in [-0.39, 0.29) is 16.7 Å². The molecular weight excluding hydrogens is 266 g/mol. The molecular formula is C16H25NO2Si. The maximum absolute atomic E-state index is 12.0. The Kier molecular flexibility index (Phi) is 4.16. The summed E-state index contributed by atoms with van der Waals surface area (Å²) in [6.45, 7) is 11.6. The van der Waals surface area contributed by atoms with Crippen LogP contribution in [0.3, 0.4) is 0 Å². The van der Waals surface area contributed by atoms with Crippen molar-refractivity contribution in [2.45, 2.75) is 58.4 Å². The van der Waals surface area contributed by atoms with E-state index < -0.39 is 8.32 Å². The molecule has 1 saturated carbocycles. The zero-order valence-electron chi connectivity index (χ0n) is 13.2. The summed E-state index contributed by atoms with van der Waals surface area (Å²) in [5, 5.41) is 0.189. The van der Waals surface area contributed by atoms with Crippen LogP contribution in [0.15, 0.2) is 18.2 Å². The van der Waals surface area contributed by atoms with E-state index in [0.29, 0.717) is 12.3 Å². The lowest BCUT2D eigenvalue weighted by atomic mass is 10.1. The fourth-order valence-corrected chi connectivity index (χ4v) is 2.66. The van der Waals surface area contributed by atoms with Gasteiger partial charge in [0.1, 0.15) is 5.69 Å². The molecule has 1 heterocycles. The van der Waals surface area contributed by atoms with Crippen LogP contribution < -0.4 is 0 Å². The Morgan fingerprint density at radius 2 is 2.00 bits per heavy atom. The van der Waals surface area contributed by atoms with Gasteiger partial charge in [0.25, 0.3) is 0 Å². The predicted octanol–water partition coefficient (Wildman–Crippen LogP) is 4.20. The first-order chi connectivity index (χ1) is 9.21. The topological polar surface area (TPSA) is 39.2 Å². The van der Waals surface area contributed by atoms with Crippen LogP contribution in [0.2, 0.25) is 18.1 Å². The Morgan fingerprint density at radius 3 is 2.55 bits per heavy atom. The number of hydrogen-bond donors (Lipinski definition) is 0. The maximum atomic E-state index is 12.0. The molecule has 20 heavy (non-hydrogen) atoms. The Hall–Kier alpha value is -1.00. The number of nitrogens with zero attached hydrogens (tertiary/aromatic N) is 1. The van der Waals surface area contributed by atoms with E-state index in [2.05, 4.69) is 38.8 Å². The van der Waals surface area contributed by atoms with Crippen molar-refractivity contribution in [3.05, 3.63) is 29.6 Å². The molecule has 110 valence electrons. The summed E-state index contributed by atoms with van der Waals surface area (Å²) in [5.41, 5.74) is 1.46. The summed E-state index contributed by atoms with van der Waals surface area (Å²) < 4.78 is 6.16. The molecule has 2 rings (SSSR count). The minimum Gasteiger partial charge on any atom is -0.411 e. The van der Waals surface area contributed by atoms with Gasteiger partial charge >= 0.3 is 0 Å². The molecule has 4 heteroatoms. The number of ketones is 1. The van der Waals surface area contributed by atoms with Gasteiger partial charge in [-0.2, -0.15) is 0 Å². The summed E-state index contributed by atoms with van der Waals surface area (Å²) in [6.07, 6.45) is 2.04. The van der Waals surface area contributed by atoms with Gasteiger partial charge in [-0.1, -0.05) is 26.8 Å². The molecule has 1 fully saturated rings. The molecule has 1 aromatic rings. The van der Waals surface area contributed by atoms with E-state index in [1.165, 1.54) is 0 Å². The van der Waals surface area contributed by atoms with E-state index in [9.17, 15) is 4.79 Å². The van der Waals surface area contributed by atoms with Gasteiger partial charge in [0.15, 0.2) is 14.1 Å². The average molecular weight is 291 g/mol. The van der Waals surface area contributed by atoms with Crippen LogP contribution in [0.1, 0.15) is 49.8 Å². The fourth-order valence-electron chi connectivity index (χ4n) is 1.72. The van der Waals surface area contributed by atoms with Crippen molar-refractivity contribution in [1.82, 2.24) is 4.98 Å². The highest BCUT2D eigenvalue weighted by molar-refractivity contribution is 6.74. The van der Waals surface area contributed by atoms with Gasteiger partial charge in [-0.15, -0.1) is 0 Å². The molecule has 0 atom stereocenters. The lowest BCUT2D eigenvalue weighted by molar-refractivity contribution is 0.0962. The maximum Gasteiger partial charge on any atom is 0.192 e. The molecule has 3 nitrogen and oxygen atoms in total. The smallest absolute Gasteiger partial charge is 0.192 e. The van der Waals surface area contributed by atoms with Crippen molar-refractivity contribution in [3.63, 3.8) is 0 Å². The molecule has 1 aliphatic carbocycles. The molecule has 0 saturated heterocycles. The SMILES string of the molecule is CC(C)(C)[Si](C)(C)OCc1cccc(C(=O)C2CC2)n1. The summed E-state index contributed by atoms with van der Waals surface area (Å²) in [4.78, 5) is 16.5. The van der Waals surface area contributed by atoms with Crippen LogP contribution in [0.4, 0.5) is 0 Å². The predicted molar refractivity (Wildman–Crippen MR) is 83.3 cm³/mol. The highest BCUT2D eigenvalue weighted by Crippen LogP contribution is 2.37. The van der Waals surface area contributed by atoms with Gasteiger partial charge in [0.2, 0.25) is 0 Å². The second-order valence-corrected chi connectivity index (χ2v) is 12.0. The Labute approximate surface area is 122 Å². The van der Waals surface area contributed by atoms with Crippen LogP contribution in [0, 0.1) is 5.92 Å².